The van der Waals surface area contributed by atoms with Crippen LogP contribution in [0.15, 0.2) is 47.6 Å². The van der Waals surface area contributed by atoms with Crippen molar-refractivity contribution in [2.24, 2.45) is 5.10 Å². The Morgan fingerprint density at radius 2 is 1.93 bits per heavy atom. The van der Waals surface area contributed by atoms with Gasteiger partial charge in [0.05, 0.1) is 17.7 Å². The molecule has 0 aliphatic carbocycles. The van der Waals surface area contributed by atoms with Gasteiger partial charge in [-0.15, -0.1) is 0 Å². The average Bonchev–Trinajstić information content (AvgIpc) is 2.70. The van der Waals surface area contributed by atoms with Crippen molar-refractivity contribution in [1.29, 1.82) is 0 Å². The van der Waals surface area contributed by atoms with Crippen LogP contribution < -0.4 is 15.5 Å². The lowest BCUT2D eigenvalue weighted by atomic mass is 10.2. The van der Waals surface area contributed by atoms with Crippen molar-refractivity contribution in [2.45, 2.75) is 19.8 Å². The summed E-state index contributed by atoms with van der Waals surface area (Å²) in [4.78, 5) is 33.7. The highest BCUT2D eigenvalue weighted by atomic mass is 16.6. The van der Waals surface area contributed by atoms with E-state index in [0.717, 1.165) is 31.2 Å². The molecule has 152 valence electrons. The third-order valence-electron chi connectivity index (χ3n) is 3.66. The Hall–Kier alpha value is -3.95. The zero-order valence-electron chi connectivity index (χ0n) is 15.6. The molecule has 2 aromatic rings. The number of ether oxygens (including phenoxy) is 1. The van der Waals surface area contributed by atoms with Crippen molar-refractivity contribution < 1.29 is 24.4 Å². The van der Waals surface area contributed by atoms with Crippen LogP contribution in [-0.2, 0) is 9.59 Å². The smallest absolute Gasteiger partial charge is 0.329 e. The van der Waals surface area contributed by atoms with Crippen LogP contribution in [0.4, 0.5) is 11.4 Å². The molecule has 0 aromatic heterocycles. The molecule has 0 atom stereocenters. The van der Waals surface area contributed by atoms with Gasteiger partial charge in [0.15, 0.2) is 5.75 Å². The molecule has 0 saturated heterocycles. The highest BCUT2D eigenvalue weighted by Crippen LogP contribution is 2.25. The van der Waals surface area contributed by atoms with E-state index >= 15 is 0 Å². The maximum Gasteiger partial charge on any atom is 0.329 e. The second-order valence-electron chi connectivity index (χ2n) is 5.88. The van der Waals surface area contributed by atoms with Gasteiger partial charge in [-0.3, -0.25) is 19.7 Å². The number of rotatable bonds is 8. The first-order valence-corrected chi connectivity index (χ1v) is 8.75. The molecular weight excluding hydrogens is 380 g/mol. The van der Waals surface area contributed by atoms with Gasteiger partial charge in [-0.25, -0.2) is 5.43 Å². The summed E-state index contributed by atoms with van der Waals surface area (Å²) in [7, 11) is 0. The Morgan fingerprint density at radius 3 is 2.59 bits per heavy atom. The summed E-state index contributed by atoms with van der Waals surface area (Å²) >= 11 is 0. The van der Waals surface area contributed by atoms with Gasteiger partial charge >= 0.3 is 17.5 Å². The van der Waals surface area contributed by atoms with E-state index in [0.29, 0.717) is 18.0 Å². The first-order valence-electron chi connectivity index (χ1n) is 8.75. The second kappa shape index (κ2) is 10.4. The quantitative estimate of drug-likeness (QED) is 0.204. The highest BCUT2D eigenvalue weighted by Gasteiger charge is 2.14. The number of nitrogens with zero attached hydrogens (tertiary/aromatic N) is 2. The van der Waals surface area contributed by atoms with Crippen molar-refractivity contribution >= 4 is 29.4 Å². The summed E-state index contributed by atoms with van der Waals surface area (Å²) in [5, 5.41) is 26.2. The summed E-state index contributed by atoms with van der Waals surface area (Å²) in [5.41, 5.74) is 2.19. The van der Waals surface area contributed by atoms with Gasteiger partial charge in [0, 0.05) is 17.3 Å². The van der Waals surface area contributed by atoms with Gasteiger partial charge in [0.1, 0.15) is 5.75 Å². The van der Waals surface area contributed by atoms with E-state index in [1.807, 2.05) is 5.43 Å². The Bertz CT molecular complexity index is 911. The van der Waals surface area contributed by atoms with Crippen LogP contribution in [0.3, 0.4) is 0 Å². The van der Waals surface area contributed by atoms with Crippen molar-refractivity contribution in [3.05, 3.63) is 58.1 Å². The molecule has 0 spiro atoms. The summed E-state index contributed by atoms with van der Waals surface area (Å²) in [6.07, 6.45) is 3.08. The fourth-order valence-electron chi connectivity index (χ4n) is 2.14. The SMILES string of the molecule is CCCCOc1ccc(NC(=O)C(=O)N/N=C/c2ccc(O)c([N+](=O)[O-])c2)cc1. The molecule has 29 heavy (non-hydrogen) atoms. The van der Waals surface area contributed by atoms with E-state index in [9.17, 15) is 24.8 Å². The molecule has 2 rings (SSSR count). The van der Waals surface area contributed by atoms with E-state index in [4.69, 9.17) is 4.74 Å². The van der Waals surface area contributed by atoms with Crippen LogP contribution >= 0.6 is 0 Å². The average molecular weight is 400 g/mol. The van der Waals surface area contributed by atoms with Gasteiger partial charge in [0.2, 0.25) is 0 Å². The van der Waals surface area contributed by atoms with Crippen molar-refractivity contribution in [1.82, 2.24) is 5.43 Å². The number of nitro benzene ring substituents is 1. The molecule has 2 amide bonds. The number of carbonyl (C=O) groups excluding carboxylic acids is 2. The number of nitrogens with one attached hydrogen (secondary N) is 2. The van der Waals surface area contributed by atoms with E-state index in [1.54, 1.807) is 24.3 Å². The summed E-state index contributed by atoms with van der Waals surface area (Å²) in [5.74, 6) is -1.78. The predicted molar refractivity (Wildman–Crippen MR) is 106 cm³/mol. The Labute approximate surface area is 166 Å². The first kappa shape index (κ1) is 21.4. The zero-order chi connectivity index (χ0) is 21.2. The lowest BCUT2D eigenvalue weighted by Crippen LogP contribution is -2.32. The van der Waals surface area contributed by atoms with Gasteiger partial charge in [-0.2, -0.15) is 5.10 Å². The van der Waals surface area contributed by atoms with Crippen molar-refractivity contribution in [3.8, 4) is 11.5 Å². The van der Waals surface area contributed by atoms with Gasteiger partial charge in [-0.05, 0) is 42.8 Å². The number of nitro groups is 1. The monoisotopic (exact) mass is 400 g/mol. The fraction of sp³-hybridized carbons (Fsp3) is 0.211. The standard InChI is InChI=1S/C19H20N4O6/c1-2-3-10-29-15-7-5-14(6-8-15)21-18(25)19(26)22-20-12-13-4-9-17(24)16(11-13)23(27)28/h4-9,11-12,24H,2-3,10H2,1H3,(H,21,25)(H,22,26)/b20-12+. The topological polar surface area (TPSA) is 143 Å². The zero-order valence-corrected chi connectivity index (χ0v) is 15.6. The molecule has 3 N–H and O–H groups in total. The molecule has 0 saturated carbocycles. The minimum atomic E-state index is -1.02. The molecule has 10 nitrogen and oxygen atoms in total. The van der Waals surface area contributed by atoms with E-state index in [2.05, 4.69) is 17.3 Å². The number of amides is 2. The van der Waals surface area contributed by atoms with Crippen LogP contribution in [-0.4, -0.2) is 34.7 Å². The van der Waals surface area contributed by atoms with Crippen LogP contribution in [0.25, 0.3) is 0 Å². The van der Waals surface area contributed by atoms with Crippen LogP contribution in [0, 0.1) is 10.1 Å². The minimum Gasteiger partial charge on any atom is -0.502 e. The van der Waals surface area contributed by atoms with Gasteiger partial charge < -0.3 is 15.2 Å². The van der Waals surface area contributed by atoms with Gasteiger partial charge in [-0.1, -0.05) is 13.3 Å². The van der Waals surface area contributed by atoms with Crippen molar-refractivity contribution in [2.75, 3.05) is 11.9 Å². The van der Waals surface area contributed by atoms with Crippen LogP contribution in [0.2, 0.25) is 0 Å². The van der Waals surface area contributed by atoms with Crippen LogP contribution in [0.5, 0.6) is 11.5 Å². The number of benzene rings is 2. The maximum absolute atomic E-state index is 11.9. The summed E-state index contributed by atoms with van der Waals surface area (Å²) in [6, 6.07) is 10.1. The molecule has 0 fully saturated rings. The first-order chi connectivity index (χ1) is 13.9. The Kier molecular flexibility index (Phi) is 7.66. The van der Waals surface area contributed by atoms with E-state index in [1.165, 1.54) is 6.07 Å². The normalized spacial score (nSPS) is 10.5. The molecule has 10 heteroatoms. The van der Waals surface area contributed by atoms with Crippen LogP contribution in [0.1, 0.15) is 25.3 Å². The summed E-state index contributed by atoms with van der Waals surface area (Å²) < 4.78 is 5.51. The Morgan fingerprint density at radius 1 is 1.21 bits per heavy atom. The largest absolute Gasteiger partial charge is 0.502 e. The summed E-state index contributed by atoms with van der Waals surface area (Å²) in [6.45, 7) is 2.67. The lowest BCUT2D eigenvalue weighted by Gasteiger charge is -2.07. The number of hydrogen-bond donors (Lipinski definition) is 3. The number of anilines is 1. The number of hydrogen-bond acceptors (Lipinski definition) is 7. The van der Waals surface area contributed by atoms with E-state index in [-0.39, 0.29) is 5.56 Å². The second-order valence-corrected chi connectivity index (χ2v) is 5.88. The number of hydrazone groups is 1. The molecule has 0 bridgehead atoms. The number of carbonyl (C=O) groups is 2. The molecule has 2 aromatic carbocycles. The fourth-order valence-corrected chi connectivity index (χ4v) is 2.14. The highest BCUT2D eigenvalue weighted by molar-refractivity contribution is 6.39. The maximum atomic E-state index is 11.9. The Balaban J connectivity index is 1.87. The molecular formula is C19H20N4O6. The molecule has 0 aliphatic rings. The van der Waals surface area contributed by atoms with E-state index < -0.39 is 28.2 Å². The lowest BCUT2D eigenvalue weighted by molar-refractivity contribution is -0.385. The third-order valence-corrected chi connectivity index (χ3v) is 3.66. The predicted octanol–water partition coefficient (Wildman–Crippen LogP) is 2.57. The molecule has 0 heterocycles. The molecule has 0 unspecified atom stereocenters. The molecule has 0 radical (unpaired) electrons. The number of phenols is 1. The van der Waals surface area contributed by atoms with Crippen molar-refractivity contribution in [3.63, 3.8) is 0 Å². The molecule has 0 aliphatic heterocycles. The minimum absolute atomic E-state index is 0.258. The number of unbranched alkanes of at least 4 members (excludes halogenated alkanes) is 1. The van der Waals surface area contributed by atoms with Gasteiger partial charge in [0.25, 0.3) is 0 Å². The number of aromatic hydroxyl groups is 1. The number of phenolic OH excluding ortho intramolecular Hbond substituents is 1. The third kappa shape index (κ3) is 6.61.